The van der Waals surface area contributed by atoms with Crippen LogP contribution in [0.4, 0.5) is 0 Å². The van der Waals surface area contributed by atoms with Crippen LogP contribution in [0.3, 0.4) is 0 Å². The lowest BCUT2D eigenvalue weighted by molar-refractivity contribution is -0.131. The molecule has 0 aliphatic rings. The molecule has 3 nitrogen and oxygen atoms in total. The van der Waals surface area contributed by atoms with Crippen LogP contribution in [0.25, 0.3) is 5.57 Å². The molecule has 0 aromatic heterocycles. The van der Waals surface area contributed by atoms with Gasteiger partial charge in [-0.3, -0.25) is 0 Å². The fourth-order valence-corrected chi connectivity index (χ4v) is 2.00. The molecule has 1 N–H and O–H groups in total. The van der Waals surface area contributed by atoms with Gasteiger partial charge in [0.2, 0.25) is 0 Å². The van der Waals surface area contributed by atoms with Crippen molar-refractivity contribution in [3.8, 4) is 5.75 Å². The number of hydrogen-bond donors (Lipinski definition) is 1. The van der Waals surface area contributed by atoms with Crippen molar-refractivity contribution in [3.63, 3.8) is 0 Å². The zero-order chi connectivity index (χ0) is 14.3. The van der Waals surface area contributed by atoms with Crippen LogP contribution in [0.5, 0.6) is 5.75 Å². The van der Waals surface area contributed by atoms with E-state index in [1.165, 1.54) is 6.08 Å². The first kappa shape index (κ1) is 15.3. The van der Waals surface area contributed by atoms with Crippen LogP contribution in [-0.2, 0) is 11.2 Å². The normalized spacial score (nSPS) is 11.4. The van der Waals surface area contributed by atoms with Crippen molar-refractivity contribution in [2.45, 2.75) is 40.0 Å². The van der Waals surface area contributed by atoms with Gasteiger partial charge in [0.15, 0.2) is 0 Å². The number of carboxylic acids is 1. The Hall–Kier alpha value is -1.77. The van der Waals surface area contributed by atoms with Crippen LogP contribution in [0, 0.1) is 0 Å². The van der Waals surface area contributed by atoms with E-state index in [1.54, 1.807) is 0 Å². The summed E-state index contributed by atoms with van der Waals surface area (Å²) in [6.07, 6.45) is 3.83. The fourth-order valence-electron chi connectivity index (χ4n) is 2.00. The molecule has 1 aromatic rings. The molecular formula is C16H22O3. The Labute approximate surface area is 114 Å². The molecule has 0 saturated heterocycles. The summed E-state index contributed by atoms with van der Waals surface area (Å²) < 4.78 is 5.61. The summed E-state index contributed by atoms with van der Waals surface area (Å²) in [5.41, 5.74) is 2.99. The van der Waals surface area contributed by atoms with Gasteiger partial charge in [-0.25, -0.2) is 4.79 Å². The van der Waals surface area contributed by atoms with Gasteiger partial charge in [0.05, 0.1) is 6.61 Å². The summed E-state index contributed by atoms with van der Waals surface area (Å²) in [6, 6.07) is 5.88. The Morgan fingerprint density at radius 1 is 1.32 bits per heavy atom. The van der Waals surface area contributed by atoms with Gasteiger partial charge in [-0.15, -0.1) is 0 Å². The Morgan fingerprint density at radius 2 is 2.05 bits per heavy atom. The van der Waals surface area contributed by atoms with E-state index < -0.39 is 5.97 Å². The highest BCUT2D eigenvalue weighted by atomic mass is 16.5. The third-order valence-corrected chi connectivity index (χ3v) is 2.96. The van der Waals surface area contributed by atoms with Gasteiger partial charge < -0.3 is 9.84 Å². The van der Waals surface area contributed by atoms with Crippen LogP contribution in [0.1, 0.15) is 44.7 Å². The Bertz CT molecular complexity index is 461. The zero-order valence-electron chi connectivity index (χ0n) is 11.9. The van der Waals surface area contributed by atoms with Crippen LogP contribution < -0.4 is 4.74 Å². The number of aliphatic carboxylic acids is 1. The highest BCUT2D eigenvalue weighted by molar-refractivity contribution is 5.90. The van der Waals surface area contributed by atoms with Gasteiger partial charge in [0, 0.05) is 6.08 Å². The summed E-state index contributed by atoms with van der Waals surface area (Å²) in [6.45, 7) is 6.81. The van der Waals surface area contributed by atoms with Crippen molar-refractivity contribution < 1.29 is 14.6 Å². The van der Waals surface area contributed by atoms with Crippen molar-refractivity contribution in [1.82, 2.24) is 0 Å². The Balaban J connectivity index is 3.10. The van der Waals surface area contributed by atoms with Gasteiger partial charge in [0.1, 0.15) is 5.75 Å². The molecule has 0 saturated carbocycles. The van der Waals surface area contributed by atoms with E-state index in [4.69, 9.17) is 9.84 Å². The molecule has 19 heavy (non-hydrogen) atoms. The molecule has 3 heteroatoms. The number of aryl methyl sites for hydroxylation is 1. The highest BCUT2D eigenvalue weighted by Crippen LogP contribution is 2.26. The largest absolute Gasteiger partial charge is 0.494 e. The van der Waals surface area contributed by atoms with Crippen LogP contribution >= 0.6 is 0 Å². The van der Waals surface area contributed by atoms with Crippen molar-refractivity contribution in [2.75, 3.05) is 6.61 Å². The van der Waals surface area contributed by atoms with Crippen LogP contribution in [-0.4, -0.2) is 17.7 Å². The first-order valence-corrected chi connectivity index (χ1v) is 6.81. The van der Waals surface area contributed by atoms with E-state index in [1.807, 2.05) is 25.1 Å². The lowest BCUT2D eigenvalue weighted by Crippen LogP contribution is -1.99. The predicted molar refractivity (Wildman–Crippen MR) is 77.5 cm³/mol. The van der Waals surface area contributed by atoms with Gasteiger partial charge >= 0.3 is 5.97 Å². The molecule has 0 aliphatic heterocycles. The smallest absolute Gasteiger partial charge is 0.328 e. The van der Waals surface area contributed by atoms with Gasteiger partial charge in [0.25, 0.3) is 0 Å². The first-order chi connectivity index (χ1) is 9.12. The van der Waals surface area contributed by atoms with Crippen molar-refractivity contribution >= 4 is 11.5 Å². The van der Waals surface area contributed by atoms with Gasteiger partial charge in [-0.2, -0.15) is 0 Å². The average Bonchev–Trinajstić information content (AvgIpc) is 2.42. The molecule has 0 spiro atoms. The third kappa shape index (κ3) is 4.43. The summed E-state index contributed by atoms with van der Waals surface area (Å²) in [7, 11) is 0. The standard InChI is InChI=1S/C16H22O3/c1-4-9-19-14-7-8-15(12(5-2)10-14)13(6-3)11-16(17)18/h7-8,10-11H,4-6,9H2,1-3H3,(H,17,18)/b13-11+. The minimum atomic E-state index is -0.898. The maximum atomic E-state index is 10.8. The summed E-state index contributed by atoms with van der Waals surface area (Å²) in [4.78, 5) is 10.8. The topological polar surface area (TPSA) is 46.5 Å². The Morgan fingerprint density at radius 3 is 2.58 bits per heavy atom. The minimum Gasteiger partial charge on any atom is -0.494 e. The summed E-state index contributed by atoms with van der Waals surface area (Å²) in [5, 5.41) is 8.91. The van der Waals surface area contributed by atoms with Crippen molar-refractivity contribution in [3.05, 3.63) is 35.4 Å². The lowest BCUT2D eigenvalue weighted by atomic mass is 9.96. The second kappa shape index (κ2) is 7.62. The molecular weight excluding hydrogens is 240 g/mol. The number of hydrogen-bond acceptors (Lipinski definition) is 2. The van der Waals surface area contributed by atoms with E-state index >= 15 is 0 Å². The van der Waals surface area contributed by atoms with Gasteiger partial charge in [-0.1, -0.05) is 26.8 Å². The van der Waals surface area contributed by atoms with E-state index in [0.717, 1.165) is 35.3 Å². The van der Waals surface area contributed by atoms with Crippen molar-refractivity contribution in [2.24, 2.45) is 0 Å². The predicted octanol–water partition coefficient (Wildman–Crippen LogP) is 3.92. The molecule has 0 atom stereocenters. The highest BCUT2D eigenvalue weighted by Gasteiger charge is 2.08. The SMILES string of the molecule is CCCOc1ccc(/C(=C/C(=O)O)CC)c(CC)c1. The maximum absolute atomic E-state index is 10.8. The monoisotopic (exact) mass is 262 g/mol. The van der Waals surface area contributed by atoms with E-state index in [-0.39, 0.29) is 0 Å². The van der Waals surface area contributed by atoms with E-state index in [0.29, 0.717) is 13.0 Å². The fraction of sp³-hybridized carbons (Fsp3) is 0.438. The number of carbonyl (C=O) groups is 1. The second-order valence-electron chi connectivity index (χ2n) is 4.38. The lowest BCUT2D eigenvalue weighted by Gasteiger charge is -2.13. The van der Waals surface area contributed by atoms with Crippen molar-refractivity contribution in [1.29, 1.82) is 0 Å². The number of ether oxygens (including phenoxy) is 1. The quantitative estimate of drug-likeness (QED) is 0.758. The number of benzene rings is 1. The summed E-state index contributed by atoms with van der Waals surface area (Å²) >= 11 is 0. The molecule has 0 radical (unpaired) electrons. The molecule has 0 heterocycles. The van der Waals surface area contributed by atoms with E-state index in [9.17, 15) is 4.79 Å². The molecule has 1 rings (SSSR count). The second-order valence-corrected chi connectivity index (χ2v) is 4.38. The molecule has 0 unspecified atom stereocenters. The summed E-state index contributed by atoms with van der Waals surface area (Å²) in [5.74, 6) is -0.0431. The third-order valence-electron chi connectivity index (χ3n) is 2.96. The molecule has 0 bridgehead atoms. The van der Waals surface area contributed by atoms with E-state index in [2.05, 4.69) is 13.8 Å². The minimum absolute atomic E-state index is 0.702. The number of allylic oxidation sites excluding steroid dienone is 1. The van der Waals surface area contributed by atoms with Gasteiger partial charge in [-0.05, 0) is 48.1 Å². The molecule has 0 fully saturated rings. The molecule has 0 aliphatic carbocycles. The molecule has 0 amide bonds. The maximum Gasteiger partial charge on any atom is 0.328 e. The zero-order valence-corrected chi connectivity index (χ0v) is 11.9. The number of rotatable bonds is 7. The van der Waals surface area contributed by atoms with Crippen LogP contribution in [0.15, 0.2) is 24.3 Å². The average molecular weight is 262 g/mol. The first-order valence-electron chi connectivity index (χ1n) is 6.81. The van der Waals surface area contributed by atoms with Crippen LogP contribution in [0.2, 0.25) is 0 Å². The number of carboxylic acid groups (broad SMARTS) is 1. The molecule has 1 aromatic carbocycles. The molecule has 104 valence electrons. The Kier molecular flexibility index (Phi) is 6.13.